The predicted octanol–water partition coefficient (Wildman–Crippen LogP) is 2.96. The molecule has 0 aliphatic rings. The van der Waals surface area contributed by atoms with Crippen LogP contribution in [-0.2, 0) is 6.54 Å². The topological polar surface area (TPSA) is 50.9 Å². The van der Waals surface area contributed by atoms with Gasteiger partial charge in [0.15, 0.2) is 0 Å². The molecule has 3 rings (SSSR count). The van der Waals surface area contributed by atoms with E-state index >= 15 is 0 Å². The lowest BCUT2D eigenvalue weighted by Gasteiger charge is -2.15. The van der Waals surface area contributed by atoms with Crippen molar-refractivity contribution in [3.8, 4) is 11.4 Å². The summed E-state index contributed by atoms with van der Waals surface area (Å²) < 4.78 is 29.1. The van der Waals surface area contributed by atoms with Gasteiger partial charge in [0.25, 0.3) is 0 Å². The zero-order chi connectivity index (χ0) is 15.5. The van der Waals surface area contributed by atoms with Gasteiger partial charge < -0.3 is 9.67 Å². The number of hydrogen-bond donors (Lipinski definition) is 1. The lowest BCUT2D eigenvalue weighted by atomic mass is 10.1. The van der Waals surface area contributed by atoms with Crippen LogP contribution < -0.4 is 0 Å². The number of aliphatic hydroxyl groups is 1. The van der Waals surface area contributed by atoms with E-state index in [1.165, 1.54) is 6.07 Å². The van der Waals surface area contributed by atoms with E-state index in [9.17, 15) is 13.9 Å². The van der Waals surface area contributed by atoms with E-state index in [-0.39, 0.29) is 12.1 Å². The molecule has 6 heteroatoms. The molecule has 3 aromatic rings. The minimum atomic E-state index is -1.31. The fourth-order valence-corrected chi connectivity index (χ4v) is 2.32. The van der Waals surface area contributed by atoms with Crippen LogP contribution >= 0.6 is 0 Å². The van der Waals surface area contributed by atoms with E-state index < -0.39 is 17.7 Å². The average molecular weight is 301 g/mol. The van der Waals surface area contributed by atoms with Gasteiger partial charge in [0.1, 0.15) is 23.6 Å². The lowest BCUT2D eigenvalue weighted by molar-refractivity contribution is 0.148. The highest BCUT2D eigenvalue weighted by atomic mass is 19.1. The maximum atomic E-state index is 13.7. The van der Waals surface area contributed by atoms with Crippen LogP contribution in [-0.4, -0.2) is 19.6 Å². The van der Waals surface area contributed by atoms with Gasteiger partial charge in [-0.1, -0.05) is 6.07 Å². The Balaban J connectivity index is 1.90. The second kappa shape index (κ2) is 6.03. The molecule has 0 aliphatic heterocycles. The number of halogens is 2. The zero-order valence-electron chi connectivity index (χ0n) is 11.5. The van der Waals surface area contributed by atoms with Crippen LogP contribution in [0.4, 0.5) is 8.78 Å². The Labute approximate surface area is 125 Å². The highest BCUT2D eigenvalue weighted by Gasteiger charge is 2.19. The van der Waals surface area contributed by atoms with Crippen molar-refractivity contribution in [1.82, 2.24) is 14.5 Å². The highest BCUT2D eigenvalue weighted by molar-refractivity contribution is 5.54. The van der Waals surface area contributed by atoms with E-state index in [1.807, 2.05) is 0 Å². The van der Waals surface area contributed by atoms with Crippen molar-refractivity contribution >= 4 is 0 Å². The van der Waals surface area contributed by atoms with Gasteiger partial charge in [-0.05, 0) is 24.3 Å². The van der Waals surface area contributed by atoms with Crippen molar-refractivity contribution in [3.63, 3.8) is 0 Å². The Hall–Kier alpha value is -2.60. The molecule has 1 aromatic carbocycles. The molecule has 0 amide bonds. The van der Waals surface area contributed by atoms with E-state index in [0.717, 1.165) is 17.7 Å². The number of rotatable bonds is 4. The fourth-order valence-electron chi connectivity index (χ4n) is 2.32. The minimum Gasteiger partial charge on any atom is -0.386 e. The molecule has 2 heterocycles. The zero-order valence-corrected chi connectivity index (χ0v) is 11.5. The maximum Gasteiger partial charge on any atom is 0.140 e. The van der Waals surface area contributed by atoms with Gasteiger partial charge in [-0.2, -0.15) is 0 Å². The quantitative estimate of drug-likeness (QED) is 0.806. The van der Waals surface area contributed by atoms with E-state index in [2.05, 4.69) is 9.97 Å². The summed E-state index contributed by atoms with van der Waals surface area (Å²) in [6.07, 6.45) is 5.16. The van der Waals surface area contributed by atoms with Crippen LogP contribution in [0.3, 0.4) is 0 Å². The lowest BCUT2D eigenvalue weighted by Crippen LogP contribution is -2.12. The number of nitrogens with zero attached hydrogens (tertiary/aromatic N) is 3. The van der Waals surface area contributed by atoms with Crippen LogP contribution in [0, 0.1) is 11.6 Å². The number of imidazole rings is 1. The number of pyridine rings is 1. The third kappa shape index (κ3) is 2.73. The molecule has 0 saturated carbocycles. The SMILES string of the molecule is OC(Cn1ccnc1-c1ccncc1)c1c(F)cccc1F. The second-order valence-electron chi connectivity index (χ2n) is 4.79. The molecule has 4 nitrogen and oxygen atoms in total. The number of aromatic nitrogens is 3. The van der Waals surface area contributed by atoms with Crippen LogP contribution in [0.2, 0.25) is 0 Å². The third-order valence-corrected chi connectivity index (χ3v) is 3.36. The maximum absolute atomic E-state index is 13.7. The summed E-state index contributed by atoms with van der Waals surface area (Å²) in [5, 5.41) is 10.2. The number of hydrogen-bond acceptors (Lipinski definition) is 3. The van der Waals surface area contributed by atoms with Gasteiger partial charge >= 0.3 is 0 Å². The minimum absolute atomic E-state index is 0.00445. The van der Waals surface area contributed by atoms with E-state index in [1.54, 1.807) is 41.5 Å². The molecule has 0 radical (unpaired) electrons. The normalized spacial score (nSPS) is 12.3. The van der Waals surface area contributed by atoms with E-state index in [4.69, 9.17) is 0 Å². The van der Waals surface area contributed by atoms with Crippen molar-refractivity contribution in [2.24, 2.45) is 0 Å². The Bertz CT molecular complexity index is 754. The molecular formula is C16H13F2N3O. The first-order chi connectivity index (χ1) is 10.7. The smallest absolute Gasteiger partial charge is 0.140 e. The second-order valence-corrected chi connectivity index (χ2v) is 4.79. The third-order valence-electron chi connectivity index (χ3n) is 3.36. The highest BCUT2D eigenvalue weighted by Crippen LogP contribution is 2.24. The average Bonchev–Trinajstić information content (AvgIpc) is 2.96. The van der Waals surface area contributed by atoms with Crippen molar-refractivity contribution in [3.05, 3.63) is 72.3 Å². The van der Waals surface area contributed by atoms with Crippen LogP contribution in [0.5, 0.6) is 0 Å². The molecule has 0 fully saturated rings. The van der Waals surface area contributed by atoms with Crippen LogP contribution in [0.15, 0.2) is 55.1 Å². The summed E-state index contributed by atoms with van der Waals surface area (Å²) in [7, 11) is 0. The molecule has 0 spiro atoms. The van der Waals surface area contributed by atoms with Gasteiger partial charge in [-0.15, -0.1) is 0 Å². The van der Waals surface area contributed by atoms with Crippen molar-refractivity contribution < 1.29 is 13.9 Å². The largest absolute Gasteiger partial charge is 0.386 e. The van der Waals surface area contributed by atoms with Gasteiger partial charge in [0.05, 0.1) is 12.1 Å². The standard InChI is InChI=1S/C16H13F2N3O/c17-12-2-1-3-13(18)15(12)14(22)10-21-9-8-20-16(21)11-4-6-19-7-5-11/h1-9,14,22H,10H2. The first-order valence-corrected chi connectivity index (χ1v) is 6.70. The molecule has 0 saturated heterocycles. The number of aliphatic hydroxyl groups excluding tert-OH is 1. The number of benzene rings is 1. The van der Waals surface area contributed by atoms with E-state index in [0.29, 0.717) is 5.82 Å². The van der Waals surface area contributed by atoms with Gasteiger partial charge in [-0.25, -0.2) is 13.8 Å². The summed E-state index contributed by atoms with van der Waals surface area (Å²) in [4.78, 5) is 8.15. The summed E-state index contributed by atoms with van der Waals surface area (Å²) >= 11 is 0. The molecule has 1 N–H and O–H groups in total. The Kier molecular flexibility index (Phi) is 3.93. The fraction of sp³-hybridized carbons (Fsp3) is 0.125. The van der Waals surface area contributed by atoms with Crippen molar-refractivity contribution in [1.29, 1.82) is 0 Å². The van der Waals surface area contributed by atoms with Crippen molar-refractivity contribution in [2.75, 3.05) is 0 Å². The Morgan fingerprint density at radius 1 is 1.05 bits per heavy atom. The Morgan fingerprint density at radius 3 is 2.41 bits per heavy atom. The predicted molar refractivity (Wildman–Crippen MR) is 76.8 cm³/mol. The van der Waals surface area contributed by atoms with Gasteiger partial charge in [-0.3, -0.25) is 4.98 Å². The molecule has 1 atom stereocenters. The monoisotopic (exact) mass is 301 g/mol. The molecule has 112 valence electrons. The first-order valence-electron chi connectivity index (χ1n) is 6.70. The molecule has 0 aliphatic carbocycles. The molecule has 22 heavy (non-hydrogen) atoms. The van der Waals surface area contributed by atoms with Crippen molar-refractivity contribution in [2.45, 2.75) is 12.6 Å². The van der Waals surface area contributed by atoms with Crippen LogP contribution in [0.1, 0.15) is 11.7 Å². The molecular weight excluding hydrogens is 288 g/mol. The molecule has 0 bridgehead atoms. The summed E-state index contributed by atoms with van der Waals surface area (Å²) in [6.45, 7) is -0.00445. The Morgan fingerprint density at radius 2 is 1.73 bits per heavy atom. The summed E-state index contributed by atoms with van der Waals surface area (Å²) in [5.41, 5.74) is 0.470. The van der Waals surface area contributed by atoms with Gasteiger partial charge in [0, 0.05) is 30.4 Å². The van der Waals surface area contributed by atoms with Gasteiger partial charge in [0.2, 0.25) is 0 Å². The summed E-state index contributed by atoms with van der Waals surface area (Å²) in [6, 6.07) is 7.06. The molecule has 1 unspecified atom stereocenters. The van der Waals surface area contributed by atoms with Crippen LogP contribution in [0.25, 0.3) is 11.4 Å². The summed E-state index contributed by atoms with van der Waals surface area (Å²) in [5.74, 6) is -0.936. The molecule has 2 aromatic heterocycles. The first kappa shape index (κ1) is 14.3.